The highest BCUT2D eigenvalue weighted by atomic mass is 16.2. The number of carbonyl (C=O) groups is 2. The van der Waals surface area contributed by atoms with E-state index in [1.165, 1.54) is 0 Å². The van der Waals surface area contributed by atoms with Crippen LogP contribution in [0.1, 0.15) is 30.0 Å². The molecule has 2 amide bonds. The van der Waals surface area contributed by atoms with Gasteiger partial charge in [0.15, 0.2) is 0 Å². The predicted octanol–water partition coefficient (Wildman–Crippen LogP) is 2.31. The van der Waals surface area contributed by atoms with Crippen LogP contribution in [0.4, 0.5) is 0 Å². The lowest BCUT2D eigenvalue weighted by molar-refractivity contribution is -0.141. The van der Waals surface area contributed by atoms with Gasteiger partial charge in [-0.1, -0.05) is 36.4 Å². The summed E-state index contributed by atoms with van der Waals surface area (Å²) < 4.78 is 0. The van der Waals surface area contributed by atoms with Crippen molar-refractivity contribution in [2.45, 2.75) is 25.4 Å². The Bertz CT molecular complexity index is 703. The molecule has 2 aromatic rings. The number of aromatic nitrogens is 1. The molecule has 1 aromatic carbocycles. The number of rotatable bonds is 4. The van der Waals surface area contributed by atoms with Gasteiger partial charge in [0.05, 0.1) is 12.0 Å². The monoisotopic (exact) mass is 323 g/mol. The van der Waals surface area contributed by atoms with Gasteiger partial charge in [-0.15, -0.1) is 0 Å². The average Bonchev–Trinajstić information content (AvgIpc) is 2.63. The third kappa shape index (κ3) is 3.45. The molecule has 1 fully saturated rings. The quantitative estimate of drug-likeness (QED) is 0.939. The van der Waals surface area contributed by atoms with Gasteiger partial charge in [-0.05, 0) is 23.6 Å². The maximum absolute atomic E-state index is 12.7. The Hall–Kier alpha value is -2.69. The first-order valence-corrected chi connectivity index (χ1v) is 8.14. The molecule has 0 unspecified atom stereocenters. The van der Waals surface area contributed by atoms with Crippen LogP contribution in [0, 0.1) is 5.92 Å². The highest BCUT2D eigenvalue weighted by molar-refractivity contribution is 5.84. The number of nitrogens with zero attached hydrogens (tertiary/aromatic N) is 2. The van der Waals surface area contributed by atoms with Crippen LogP contribution < -0.4 is 5.32 Å². The molecule has 24 heavy (non-hydrogen) atoms. The summed E-state index contributed by atoms with van der Waals surface area (Å²) in [5.41, 5.74) is 1.96. The lowest BCUT2D eigenvalue weighted by Crippen LogP contribution is -2.46. The fourth-order valence-electron chi connectivity index (χ4n) is 3.24. The highest BCUT2D eigenvalue weighted by Gasteiger charge is 2.38. The van der Waals surface area contributed by atoms with E-state index in [1.807, 2.05) is 42.5 Å². The van der Waals surface area contributed by atoms with Gasteiger partial charge in [-0.3, -0.25) is 14.6 Å². The van der Waals surface area contributed by atoms with Gasteiger partial charge in [0.2, 0.25) is 11.8 Å². The van der Waals surface area contributed by atoms with Crippen molar-refractivity contribution in [3.8, 4) is 0 Å². The minimum atomic E-state index is -0.244. The van der Waals surface area contributed by atoms with E-state index in [1.54, 1.807) is 24.3 Å². The molecule has 0 bridgehead atoms. The SMILES string of the molecule is CN1C(=O)CC[C@@H](C(=O)NCc2cccnc2)[C@H]1c1ccccc1. The first-order chi connectivity index (χ1) is 11.7. The largest absolute Gasteiger partial charge is 0.352 e. The van der Waals surface area contributed by atoms with E-state index in [0.717, 1.165) is 11.1 Å². The van der Waals surface area contributed by atoms with Crippen LogP contribution in [0.25, 0.3) is 0 Å². The lowest BCUT2D eigenvalue weighted by atomic mass is 9.84. The number of pyridine rings is 1. The van der Waals surface area contributed by atoms with E-state index in [0.29, 0.717) is 19.4 Å². The Labute approximate surface area is 141 Å². The van der Waals surface area contributed by atoms with Crippen LogP contribution >= 0.6 is 0 Å². The zero-order valence-corrected chi connectivity index (χ0v) is 13.7. The van der Waals surface area contributed by atoms with Crippen LogP contribution in [0.2, 0.25) is 0 Å². The van der Waals surface area contributed by atoms with Gasteiger partial charge < -0.3 is 10.2 Å². The number of nitrogens with one attached hydrogen (secondary N) is 1. The van der Waals surface area contributed by atoms with E-state index >= 15 is 0 Å². The summed E-state index contributed by atoms with van der Waals surface area (Å²) in [7, 11) is 1.78. The Kier molecular flexibility index (Phi) is 4.89. The van der Waals surface area contributed by atoms with Crippen LogP contribution in [-0.4, -0.2) is 28.7 Å². The molecule has 2 atom stereocenters. The fraction of sp³-hybridized carbons (Fsp3) is 0.316. The number of likely N-dealkylation sites (tertiary alicyclic amines) is 1. The highest BCUT2D eigenvalue weighted by Crippen LogP contribution is 2.35. The third-order valence-corrected chi connectivity index (χ3v) is 4.53. The molecule has 0 radical (unpaired) electrons. The summed E-state index contributed by atoms with van der Waals surface area (Å²) in [6, 6.07) is 13.3. The van der Waals surface area contributed by atoms with E-state index in [4.69, 9.17) is 0 Å². The molecule has 1 N–H and O–H groups in total. The molecule has 0 aliphatic carbocycles. The van der Waals surface area contributed by atoms with Crippen LogP contribution in [0.3, 0.4) is 0 Å². The molecule has 5 heteroatoms. The lowest BCUT2D eigenvalue weighted by Gasteiger charge is -2.38. The second-order valence-corrected chi connectivity index (χ2v) is 6.08. The molecule has 1 aromatic heterocycles. The number of amides is 2. The molecule has 1 saturated heterocycles. The molecule has 0 saturated carbocycles. The van der Waals surface area contributed by atoms with Gasteiger partial charge >= 0.3 is 0 Å². The van der Waals surface area contributed by atoms with Crippen molar-refractivity contribution in [2.24, 2.45) is 5.92 Å². The summed E-state index contributed by atoms with van der Waals surface area (Å²) in [5, 5.41) is 2.99. The van der Waals surface area contributed by atoms with Crippen molar-refractivity contribution in [2.75, 3.05) is 7.05 Å². The second kappa shape index (κ2) is 7.25. The molecule has 1 aliphatic heterocycles. The second-order valence-electron chi connectivity index (χ2n) is 6.08. The number of hydrogen-bond acceptors (Lipinski definition) is 3. The van der Waals surface area contributed by atoms with E-state index in [-0.39, 0.29) is 23.8 Å². The summed E-state index contributed by atoms with van der Waals surface area (Å²) in [4.78, 5) is 30.6. The smallest absolute Gasteiger partial charge is 0.225 e. The fourth-order valence-corrected chi connectivity index (χ4v) is 3.24. The van der Waals surface area contributed by atoms with Crippen molar-refractivity contribution in [3.05, 3.63) is 66.0 Å². The molecule has 1 aliphatic rings. The van der Waals surface area contributed by atoms with E-state index < -0.39 is 0 Å². The summed E-state index contributed by atoms with van der Waals surface area (Å²) in [5.74, 6) is -0.181. The first-order valence-electron chi connectivity index (χ1n) is 8.14. The van der Waals surface area contributed by atoms with Crippen LogP contribution in [0.15, 0.2) is 54.9 Å². The van der Waals surface area contributed by atoms with Gasteiger partial charge in [-0.2, -0.15) is 0 Å². The van der Waals surface area contributed by atoms with Crippen molar-refractivity contribution >= 4 is 11.8 Å². The Morgan fingerprint density at radius 2 is 2.04 bits per heavy atom. The van der Waals surface area contributed by atoms with Crippen molar-refractivity contribution in [3.63, 3.8) is 0 Å². The van der Waals surface area contributed by atoms with Gasteiger partial charge in [0.1, 0.15) is 0 Å². The number of carbonyl (C=O) groups excluding carboxylic acids is 2. The molecule has 3 rings (SSSR count). The summed E-state index contributed by atoms with van der Waals surface area (Å²) in [6.45, 7) is 0.447. The molecular formula is C19H21N3O2. The third-order valence-electron chi connectivity index (χ3n) is 4.53. The standard InChI is InChI=1S/C19H21N3O2/c1-22-17(23)10-9-16(18(22)15-7-3-2-4-8-15)19(24)21-13-14-6-5-11-20-12-14/h2-8,11-12,16,18H,9-10,13H2,1H3,(H,21,24)/t16-,18-/m1/s1. The van der Waals surface area contributed by atoms with Crippen molar-refractivity contribution in [1.29, 1.82) is 0 Å². The van der Waals surface area contributed by atoms with Crippen molar-refractivity contribution < 1.29 is 9.59 Å². The van der Waals surface area contributed by atoms with E-state index in [2.05, 4.69) is 10.3 Å². The Morgan fingerprint density at radius 3 is 2.75 bits per heavy atom. The zero-order chi connectivity index (χ0) is 16.9. The molecular weight excluding hydrogens is 302 g/mol. The van der Waals surface area contributed by atoms with Crippen molar-refractivity contribution in [1.82, 2.24) is 15.2 Å². The number of piperidine rings is 1. The number of hydrogen-bond donors (Lipinski definition) is 1. The topological polar surface area (TPSA) is 62.3 Å². The predicted molar refractivity (Wildman–Crippen MR) is 90.8 cm³/mol. The van der Waals surface area contributed by atoms with Crippen LogP contribution in [-0.2, 0) is 16.1 Å². The Balaban J connectivity index is 1.76. The van der Waals surface area contributed by atoms with Gasteiger partial charge in [0.25, 0.3) is 0 Å². The number of benzene rings is 1. The average molecular weight is 323 g/mol. The van der Waals surface area contributed by atoms with Gasteiger partial charge in [0, 0.05) is 32.4 Å². The minimum absolute atomic E-state index is 0.0212. The van der Waals surface area contributed by atoms with Gasteiger partial charge in [-0.25, -0.2) is 0 Å². The molecule has 2 heterocycles. The summed E-state index contributed by atoms with van der Waals surface area (Å²) >= 11 is 0. The molecule has 5 nitrogen and oxygen atoms in total. The maximum atomic E-state index is 12.7. The molecule has 124 valence electrons. The first kappa shape index (κ1) is 16.2. The Morgan fingerprint density at radius 1 is 1.25 bits per heavy atom. The minimum Gasteiger partial charge on any atom is -0.352 e. The molecule has 0 spiro atoms. The van der Waals surface area contributed by atoms with Crippen LogP contribution in [0.5, 0.6) is 0 Å². The normalized spacial score (nSPS) is 20.7. The zero-order valence-electron chi connectivity index (χ0n) is 13.7. The summed E-state index contributed by atoms with van der Waals surface area (Å²) in [6.07, 6.45) is 4.43. The van der Waals surface area contributed by atoms with E-state index in [9.17, 15) is 9.59 Å². The maximum Gasteiger partial charge on any atom is 0.225 e.